The largest absolute Gasteiger partial charge is 0.348 e. The minimum Gasteiger partial charge on any atom is -0.348 e. The predicted molar refractivity (Wildman–Crippen MR) is 67.0 cm³/mol. The Morgan fingerprint density at radius 1 is 1.50 bits per heavy atom. The average molecular weight is 242 g/mol. The van der Waals surface area contributed by atoms with E-state index in [4.69, 9.17) is 0 Å². The zero-order chi connectivity index (χ0) is 12.4. The molecule has 0 fully saturated rings. The van der Waals surface area contributed by atoms with Crippen LogP contribution in [0.4, 0.5) is 5.69 Å². The van der Waals surface area contributed by atoms with Crippen LogP contribution >= 0.6 is 0 Å². The Morgan fingerprint density at radius 3 is 3.28 bits per heavy atom. The van der Waals surface area contributed by atoms with E-state index in [-0.39, 0.29) is 11.8 Å². The Hall–Kier alpha value is -2.17. The van der Waals surface area contributed by atoms with Gasteiger partial charge in [0.05, 0.1) is 23.9 Å². The van der Waals surface area contributed by atoms with Crippen molar-refractivity contribution in [1.29, 1.82) is 0 Å². The molecule has 1 aliphatic rings. The number of pyridine rings is 1. The van der Waals surface area contributed by atoms with Crippen LogP contribution in [0.5, 0.6) is 0 Å². The molecule has 0 bridgehead atoms. The molecule has 2 heterocycles. The summed E-state index contributed by atoms with van der Waals surface area (Å²) >= 11 is 0. The fraction of sp³-hybridized carbons (Fsp3) is 0.308. The summed E-state index contributed by atoms with van der Waals surface area (Å²) in [5, 5.41) is 2.90. The summed E-state index contributed by atoms with van der Waals surface area (Å²) in [6, 6.07) is 3.65. The quantitative estimate of drug-likeness (QED) is 0.839. The molecule has 0 aliphatic heterocycles. The van der Waals surface area contributed by atoms with Gasteiger partial charge in [0.25, 0.3) is 0 Å². The van der Waals surface area contributed by atoms with Crippen molar-refractivity contribution in [3.8, 4) is 0 Å². The number of fused-ring (bicyclic) bond motifs is 1. The van der Waals surface area contributed by atoms with Gasteiger partial charge in [-0.15, -0.1) is 0 Å². The summed E-state index contributed by atoms with van der Waals surface area (Å²) in [6.45, 7) is 0. The Balaban J connectivity index is 1.68. The standard InChI is InChI=1S/C13H14N4O/c18-13(17-10-2-1-5-14-7-10)9-3-4-11-12(6-9)16-8-15-11/h1-2,5,7-9H,3-4,6H2,(H,15,16)(H,17,18)/t9-/m1/s1. The maximum Gasteiger partial charge on any atom is 0.227 e. The first-order valence-electron chi connectivity index (χ1n) is 6.05. The Labute approximate surface area is 105 Å². The van der Waals surface area contributed by atoms with Gasteiger partial charge in [0.15, 0.2) is 0 Å². The molecular weight excluding hydrogens is 228 g/mol. The topological polar surface area (TPSA) is 70.7 Å². The van der Waals surface area contributed by atoms with E-state index in [2.05, 4.69) is 20.3 Å². The molecule has 0 saturated carbocycles. The van der Waals surface area contributed by atoms with Gasteiger partial charge in [-0.2, -0.15) is 0 Å². The maximum atomic E-state index is 12.1. The molecule has 3 rings (SSSR count). The molecular formula is C13H14N4O. The first-order chi connectivity index (χ1) is 8.83. The van der Waals surface area contributed by atoms with Crippen LogP contribution in [-0.2, 0) is 17.6 Å². The number of nitrogens with zero attached hydrogens (tertiary/aromatic N) is 2. The number of anilines is 1. The van der Waals surface area contributed by atoms with Crippen LogP contribution < -0.4 is 5.32 Å². The van der Waals surface area contributed by atoms with E-state index < -0.39 is 0 Å². The van der Waals surface area contributed by atoms with E-state index >= 15 is 0 Å². The van der Waals surface area contributed by atoms with Gasteiger partial charge in [-0.1, -0.05) is 0 Å². The minimum atomic E-state index is 0.0122. The highest BCUT2D eigenvalue weighted by molar-refractivity contribution is 5.92. The number of aromatic nitrogens is 3. The average Bonchev–Trinajstić information content (AvgIpc) is 2.87. The third kappa shape index (κ3) is 2.11. The molecule has 0 saturated heterocycles. The summed E-state index contributed by atoms with van der Waals surface area (Å²) < 4.78 is 0. The van der Waals surface area contributed by atoms with Crippen LogP contribution in [0.2, 0.25) is 0 Å². The van der Waals surface area contributed by atoms with Crippen LogP contribution in [0.1, 0.15) is 17.8 Å². The lowest BCUT2D eigenvalue weighted by atomic mass is 9.89. The van der Waals surface area contributed by atoms with Gasteiger partial charge >= 0.3 is 0 Å². The number of H-pyrrole nitrogens is 1. The number of rotatable bonds is 2. The molecule has 1 amide bonds. The molecule has 92 valence electrons. The molecule has 0 spiro atoms. The normalized spacial score (nSPS) is 18.1. The Kier molecular flexibility index (Phi) is 2.80. The monoisotopic (exact) mass is 242 g/mol. The van der Waals surface area contributed by atoms with Gasteiger partial charge < -0.3 is 10.3 Å². The van der Waals surface area contributed by atoms with Crippen LogP contribution in [0.15, 0.2) is 30.9 Å². The maximum absolute atomic E-state index is 12.1. The number of carbonyl (C=O) groups is 1. The first kappa shape index (κ1) is 11.0. The van der Waals surface area contributed by atoms with E-state index in [9.17, 15) is 4.79 Å². The van der Waals surface area contributed by atoms with Crippen molar-refractivity contribution >= 4 is 11.6 Å². The van der Waals surface area contributed by atoms with Crippen molar-refractivity contribution in [3.05, 3.63) is 42.2 Å². The molecule has 0 unspecified atom stereocenters. The molecule has 2 aromatic rings. The smallest absolute Gasteiger partial charge is 0.227 e. The lowest BCUT2D eigenvalue weighted by Crippen LogP contribution is -2.28. The number of aryl methyl sites for hydroxylation is 1. The predicted octanol–water partition coefficient (Wildman–Crippen LogP) is 1.55. The van der Waals surface area contributed by atoms with Gasteiger partial charge in [0.2, 0.25) is 5.91 Å². The van der Waals surface area contributed by atoms with Gasteiger partial charge in [-0.25, -0.2) is 4.98 Å². The molecule has 2 aromatic heterocycles. The fourth-order valence-corrected chi connectivity index (χ4v) is 2.31. The summed E-state index contributed by atoms with van der Waals surface area (Å²) in [4.78, 5) is 23.4. The second kappa shape index (κ2) is 4.60. The van der Waals surface area contributed by atoms with Crippen molar-refractivity contribution in [2.24, 2.45) is 5.92 Å². The number of aromatic amines is 1. The van der Waals surface area contributed by atoms with Crippen LogP contribution in [0.25, 0.3) is 0 Å². The molecule has 0 aromatic carbocycles. The van der Waals surface area contributed by atoms with E-state index in [0.717, 1.165) is 36.3 Å². The molecule has 5 heteroatoms. The second-order valence-corrected chi connectivity index (χ2v) is 4.50. The van der Waals surface area contributed by atoms with Crippen molar-refractivity contribution in [1.82, 2.24) is 15.0 Å². The number of amides is 1. The zero-order valence-corrected chi connectivity index (χ0v) is 9.89. The van der Waals surface area contributed by atoms with E-state index in [1.807, 2.05) is 12.1 Å². The van der Waals surface area contributed by atoms with Crippen molar-refractivity contribution in [3.63, 3.8) is 0 Å². The summed E-state index contributed by atoms with van der Waals surface area (Å²) in [6.07, 6.45) is 7.50. The van der Waals surface area contributed by atoms with Crippen molar-refractivity contribution < 1.29 is 4.79 Å². The second-order valence-electron chi connectivity index (χ2n) is 4.50. The minimum absolute atomic E-state index is 0.0122. The van der Waals surface area contributed by atoms with E-state index in [0.29, 0.717) is 0 Å². The van der Waals surface area contributed by atoms with Gasteiger partial charge in [0.1, 0.15) is 0 Å². The molecule has 5 nitrogen and oxygen atoms in total. The highest BCUT2D eigenvalue weighted by atomic mass is 16.1. The Morgan fingerprint density at radius 2 is 2.44 bits per heavy atom. The van der Waals surface area contributed by atoms with Crippen LogP contribution in [0.3, 0.4) is 0 Å². The van der Waals surface area contributed by atoms with E-state index in [1.165, 1.54) is 0 Å². The summed E-state index contributed by atoms with van der Waals surface area (Å²) in [5.74, 6) is 0.0707. The zero-order valence-electron chi connectivity index (χ0n) is 9.89. The lowest BCUT2D eigenvalue weighted by molar-refractivity contribution is -0.120. The SMILES string of the molecule is O=C(Nc1cccnc1)[C@@H]1CCc2nc[nH]c2C1. The van der Waals surface area contributed by atoms with Crippen molar-refractivity contribution in [2.75, 3.05) is 5.32 Å². The third-order valence-corrected chi connectivity index (χ3v) is 3.29. The van der Waals surface area contributed by atoms with Crippen molar-refractivity contribution in [2.45, 2.75) is 19.3 Å². The molecule has 1 atom stereocenters. The third-order valence-electron chi connectivity index (χ3n) is 3.29. The van der Waals surface area contributed by atoms with Gasteiger partial charge in [0, 0.05) is 24.2 Å². The highest BCUT2D eigenvalue weighted by Gasteiger charge is 2.26. The number of hydrogen-bond acceptors (Lipinski definition) is 3. The number of imidazole rings is 1. The number of hydrogen-bond donors (Lipinski definition) is 2. The molecule has 18 heavy (non-hydrogen) atoms. The number of carbonyl (C=O) groups excluding carboxylic acids is 1. The van der Waals surface area contributed by atoms with E-state index in [1.54, 1.807) is 18.7 Å². The molecule has 2 N–H and O–H groups in total. The van der Waals surface area contributed by atoms with Crippen LogP contribution in [-0.4, -0.2) is 20.9 Å². The first-order valence-corrected chi connectivity index (χ1v) is 6.05. The molecule has 1 aliphatic carbocycles. The van der Waals surface area contributed by atoms with Gasteiger partial charge in [-0.3, -0.25) is 9.78 Å². The van der Waals surface area contributed by atoms with Gasteiger partial charge in [-0.05, 0) is 25.0 Å². The summed E-state index contributed by atoms with van der Waals surface area (Å²) in [5.41, 5.74) is 2.94. The summed E-state index contributed by atoms with van der Waals surface area (Å²) in [7, 11) is 0. The number of nitrogens with one attached hydrogen (secondary N) is 2. The lowest BCUT2D eigenvalue weighted by Gasteiger charge is -2.20. The van der Waals surface area contributed by atoms with Crippen LogP contribution in [0, 0.1) is 5.92 Å². The molecule has 0 radical (unpaired) electrons. The fourth-order valence-electron chi connectivity index (χ4n) is 2.31. The highest BCUT2D eigenvalue weighted by Crippen LogP contribution is 2.23. The Bertz CT molecular complexity index is 549.